The number of nitrogens with zero attached hydrogens (tertiary/aromatic N) is 3. The molecule has 0 fully saturated rings. The number of imidazole rings is 1. The Kier molecular flexibility index (Phi) is 2.23. The predicted octanol–water partition coefficient (Wildman–Crippen LogP) is 2.20. The van der Waals surface area contributed by atoms with Crippen LogP contribution in [0.5, 0.6) is 0 Å². The van der Waals surface area contributed by atoms with E-state index in [-0.39, 0.29) is 5.78 Å². The Morgan fingerprint density at radius 2 is 2.07 bits per heavy atom. The lowest BCUT2D eigenvalue weighted by Crippen LogP contribution is -2.04. The van der Waals surface area contributed by atoms with Crippen LogP contribution in [0.3, 0.4) is 0 Å². The van der Waals surface area contributed by atoms with Crippen molar-refractivity contribution in [2.45, 2.75) is 20.8 Å². The number of carbonyl (C=O) groups excluding carboxylic acids is 1. The monoisotopic (exact) mass is 223 g/mol. The lowest BCUT2D eigenvalue weighted by atomic mass is 10.2. The van der Waals surface area contributed by atoms with Crippen LogP contribution >= 0.6 is 11.6 Å². The number of halogens is 1. The van der Waals surface area contributed by atoms with Crippen LogP contribution < -0.4 is 0 Å². The van der Waals surface area contributed by atoms with E-state index in [1.165, 1.54) is 17.6 Å². The highest BCUT2D eigenvalue weighted by atomic mass is 35.5. The van der Waals surface area contributed by atoms with E-state index >= 15 is 0 Å². The van der Waals surface area contributed by atoms with Crippen LogP contribution in [0.4, 0.5) is 0 Å². The summed E-state index contributed by atoms with van der Waals surface area (Å²) in [5.41, 5.74) is 2.98. The van der Waals surface area contributed by atoms with Crippen molar-refractivity contribution in [3.63, 3.8) is 0 Å². The molecular formula is C10H10ClN3O. The van der Waals surface area contributed by atoms with Gasteiger partial charge in [0.25, 0.3) is 0 Å². The van der Waals surface area contributed by atoms with Crippen molar-refractivity contribution in [1.29, 1.82) is 0 Å². The van der Waals surface area contributed by atoms with Crippen molar-refractivity contribution in [3.8, 4) is 0 Å². The number of aryl methyl sites for hydroxylation is 1. The van der Waals surface area contributed by atoms with Gasteiger partial charge in [-0.15, -0.1) is 0 Å². The number of aromatic nitrogens is 3. The minimum atomic E-state index is -0.0747. The molecule has 0 amide bonds. The lowest BCUT2D eigenvalue weighted by molar-refractivity contribution is 0.101. The van der Waals surface area contributed by atoms with E-state index in [1.807, 2.05) is 13.8 Å². The summed E-state index contributed by atoms with van der Waals surface area (Å²) in [6, 6.07) is 0. The largest absolute Gasteiger partial charge is 0.293 e. The second kappa shape index (κ2) is 3.31. The van der Waals surface area contributed by atoms with E-state index in [9.17, 15) is 4.79 Å². The van der Waals surface area contributed by atoms with E-state index in [2.05, 4.69) is 10.1 Å². The number of hydrogen-bond donors (Lipinski definition) is 0. The Hall–Kier alpha value is -1.42. The van der Waals surface area contributed by atoms with Crippen LogP contribution in [0.2, 0.25) is 5.15 Å². The van der Waals surface area contributed by atoms with Crippen molar-refractivity contribution in [2.24, 2.45) is 0 Å². The van der Waals surface area contributed by atoms with Gasteiger partial charge in [-0.05, 0) is 25.0 Å². The first-order valence-corrected chi connectivity index (χ1v) is 4.91. The summed E-state index contributed by atoms with van der Waals surface area (Å²) >= 11 is 5.96. The fraction of sp³-hybridized carbons (Fsp3) is 0.300. The van der Waals surface area contributed by atoms with Crippen molar-refractivity contribution >= 4 is 23.0 Å². The highest BCUT2D eigenvalue weighted by Gasteiger charge is 2.13. The third kappa shape index (κ3) is 1.41. The lowest BCUT2D eigenvalue weighted by Gasteiger charge is -2.04. The summed E-state index contributed by atoms with van der Waals surface area (Å²) in [6.07, 6.45) is 1.52. The number of Topliss-reactive ketones (excluding diaryl/α,β-unsaturated/α-hetero) is 1. The molecule has 0 spiro atoms. The Morgan fingerprint density at radius 3 is 2.67 bits per heavy atom. The van der Waals surface area contributed by atoms with Gasteiger partial charge in [-0.25, -0.2) is 9.50 Å². The summed E-state index contributed by atoms with van der Waals surface area (Å²) < 4.78 is 1.49. The second-order valence-corrected chi connectivity index (χ2v) is 3.83. The fourth-order valence-electron chi connectivity index (χ4n) is 1.43. The van der Waals surface area contributed by atoms with E-state index in [0.717, 1.165) is 11.1 Å². The Bertz CT molecular complexity index is 559. The Balaban J connectivity index is 2.89. The molecule has 0 N–H and O–H groups in total. The van der Waals surface area contributed by atoms with Crippen LogP contribution in [0.1, 0.15) is 28.5 Å². The third-order valence-electron chi connectivity index (χ3n) is 2.49. The van der Waals surface area contributed by atoms with Gasteiger partial charge in [0, 0.05) is 6.92 Å². The number of hydrogen-bond acceptors (Lipinski definition) is 3. The normalized spacial score (nSPS) is 10.9. The van der Waals surface area contributed by atoms with Crippen LogP contribution in [-0.4, -0.2) is 20.4 Å². The summed E-state index contributed by atoms with van der Waals surface area (Å²) in [5, 5.41) is 4.52. The summed E-state index contributed by atoms with van der Waals surface area (Å²) in [6.45, 7) is 5.27. The quantitative estimate of drug-likeness (QED) is 0.697. The maximum atomic E-state index is 11.3. The van der Waals surface area contributed by atoms with Crippen molar-refractivity contribution in [2.75, 3.05) is 0 Å². The molecule has 2 aromatic heterocycles. The average molecular weight is 224 g/mol. The Labute approximate surface area is 91.9 Å². The van der Waals surface area contributed by atoms with Crippen LogP contribution in [0.25, 0.3) is 5.65 Å². The summed E-state index contributed by atoms with van der Waals surface area (Å²) in [7, 11) is 0. The van der Waals surface area contributed by atoms with Gasteiger partial charge >= 0.3 is 0 Å². The number of rotatable bonds is 1. The maximum absolute atomic E-state index is 11.3. The third-order valence-corrected chi connectivity index (χ3v) is 2.85. The molecule has 0 aliphatic rings. The fourth-order valence-corrected chi connectivity index (χ4v) is 1.65. The van der Waals surface area contributed by atoms with Crippen LogP contribution in [0.15, 0.2) is 6.20 Å². The average Bonchev–Trinajstić information content (AvgIpc) is 2.58. The highest BCUT2D eigenvalue weighted by Crippen LogP contribution is 2.20. The van der Waals surface area contributed by atoms with Crippen molar-refractivity contribution < 1.29 is 4.79 Å². The number of carbonyl (C=O) groups is 1. The molecule has 0 saturated carbocycles. The summed E-state index contributed by atoms with van der Waals surface area (Å²) in [4.78, 5) is 15.4. The number of fused-ring (bicyclic) bond motifs is 1. The van der Waals surface area contributed by atoms with Gasteiger partial charge in [-0.2, -0.15) is 5.10 Å². The molecule has 0 bridgehead atoms. The molecule has 78 valence electrons. The zero-order chi connectivity index (χ0) is 11.2. The molecule has 0 radical (unpaired) electrons. The molecule has 2 rings (SSSR count). The SMILES string of the molecule is CC(=O)c1cnc2c(C)c(C)c(Cl)nn12. The van der Waals surface area contributed by atoms with E-state index < -0.39 is 0 Å². The molecule has 0 aliphatic carbocycles. The highest BCUT2D eigenvalue weighted by molar-refractivity contribution is 6.30. The Morgan fingerprint density at radius 1 is 1.40 bits per heavy atom. The predicted molar refractivity (Wildman–Crippen MR) is 57.5 cm³/mol. The zero-order valence-electron chi connectivity index (χ0n) is 8.71. The molecular weight excluding hydrogens is 214 g/mol. The van der Waals surface area contributed by atoms with Crippen LogP contribution in [0, 0.1) is 13.8 Å². The molecule has 5 heteroatoms. The molecule has 4 nitrogen and oxygen atoms in total. The molecule has 2 heterocycles. The van der Waals surface area contributed by atoms with Gasteiger partial charge < -0.3 is 0 Å². The number of ketones is 1. The first kappa shape index (κ1) is 10.1. The molecule has 0 atom stereocenters. The topological polar surface area (TPSA) is 47.3 Å². The van der Waals surface area contributed by atoms with Crippen molar-refractivity contribution in [1.82, 2.24) is 14.6 Å². The minimum Gasteiger partial charge on any atom is -0.293 e. The van der Waals surface area contributed by atoms with Gasteiger partial charge in [0.05, 0.1) is 6.20 Å². The molecule has 0 aromatic carbocycles. The van der Waals surface area contributed by atoms with E-state index in [0.29, 0.717) is 16.5 Å². The van der Waals surface area contributed by atoms with E-state index in [1.54, 1.807) is 0 Å². The first-order chi connectivity index (χ1) is 7.02. The smallest absolute Gasteiger partial charge is 0.179 e. The van der Waals surface area contributed by atoms with Crippen molar-refractivity contribution in [3.05, 3.63) is 28.2 Å². The summed E-state index contributed by atoms with van der Waals surface area (Å²) in [5.74, 6) is -0.0747. The zero-order valence-corrected chi connectivity index (χ0v) is 9.46. The van der Waals surface area contributed by atoms with Gasteiger partial charge in [0.2, 0.25) is 0 Å². The maximum Gasteiger partial charge on any atom is 0.179 e. The van der Waals surface area contributed by atoms with Gasteiger partial charge in [0.15, 0.2) is 16.6 Å². The second-order valence-electron chi connectivity index (χ2n) is 3.48. The molecule has 2 aromatic rings. The molecule has 0 aliphatic heterocycles. The van der Waals surface area contributed by atoms with Crippen LogP contribution in [-0.2, 0) is 0 Å². The van der Waals surface area contributed by atoms with Gasteiger partial charge in [-0.1, -0.05) is 11.6 Å². The molecule has 15 heavy (non-hydrogen) atoms. The van der Waals surface area contributed by atoms with Gasteiger partial charge in [0.1, 0.15) is 5.69 Å². The molecule has 0 saturated heterocycles. The van der Waals surface area contributed by atoms with Gasteiger partial charge in [-0.3, -0.25) is 4.79 Å². The molecule has 0 unspecified atom stereocenters. The standard InChI is InChI=1S/C10H10ClN3O/c1-5-6(2)10-12-4-8(7(3)15)14(10)13-9(5)11/h4H,1-3H3. The van der Waals surface area contributed by atoms with E-state index in [4.69, 9.17) is 11.6 Å². The first-order valence-electron chi connectivity index (χ1n) is 4.53. The minimum absolute atomic E-state index is 0.0747.